The molecule has 0 aliphatic rings. The lowest BCUT2D eigenvalue weighted by atomic mass is 10.3. The van der Waals surface area contributed by atoms with Crippen LogP contribution in [0.2, 0.25) is 0 Å². The molecule has 0 saturated carbocycles. The topological polar surface area (TPSA) is 81.1 Å². The Kier molecular flexibility index (Phi) is 5.38. The van der Waals surface area contributed by atoms with E-state index in [9.17, 15) is 4.79 Å². The number of para-hydroxylation sites is 1. The summed E-state index contributed by atoms with van der Waals surface area (Å²) >= 11 is 0. The minimum atomic E-state index is -0.268. The van der Waals surface area contributed by atoms with Crippen molar-refractivity contribution in [3.05, 3.63) is 78.8 Å². The molecule has 0 fully saturated rings. The minimum Gasteiger partial charge on any atom is -0.497 e. The second kappa shape index (κ2) is 8.43. The first-order valence-electron chi connectivity index (χ1n) is 9.31. The highest BCUT2D eigenvalue weighted by Crippen LogP contribution is 2.20. The summed E-state index contributed by atoms with van der Waals surface area (Å²) < 4.78 is 7.14. The highest BCUT2D eigenvalue weighted by Gasteiger charge is 2.13. The SMILES string of the molecule is COc1ccc(NC(=O)NCCc2nc3cccnc3n2-c2ccccc2)cc1. The van der Waals surface area contributed by atoms with Crippen LogP contribution in [0.4, 0.5) is 10.5 Å². The van der Waals surface area contributed by atoms with Gasteiger partial charge in [-0.05, 0) is 48.5 Å². The number of carbonyl (C=O) groups is 1. The Balaban J connectivity index is 1.45. The number of carbonyl (C=O) groups excluding carboxylic acids is 1. The van der Waals surface area contributed by atoms with Gasteiger partial charge in [0, 0.05) is 30.5 Å². The Hall–Kier alpha value is -3.87. The maximum absolute atomic E-state index is 12.2. The third-order valence-corrected chi connectivity index (χ3v) is 4.48. The number of methoxy groups -OCH3 is 1. The van der Waals surface area contributed by atoms with Crippen LogP contribution >= 0.6 is 0 Å². The number of rotatable bonds is 6. The number of anilines is 1. The van der Waals surface area contributed by atoms with Gasteiger partial charge in [0.1, 0.15) is 17.1 Å². The van der Waals surface area contributed by atoms with Gasteiger partial charge in [-0.2, -0.15) is 0 Å². The van der Waals surface area contributed by atoms with Gasteiger partial charge < -0.3 is 15.4 Å². The molecule has 146 valence electrons. The summed E-state index contributed by atoms with van der Waals surface area (Å²) in [4.78, 5) is 21.4. The molecule has 29 heavy (non-hydrogen) atoms. The summed E-state index contributed by atoms with van der Waals surface area (Å²) in [7, 11) is 1.60. The highest BCUT2D eigenvalue weighted by molar-refractivity contribution is 5.89. The molecule has 0 saturated heterocycles. The molecule has 0 aliphatic heterocycles. The molecule has 4 aromatic rings. The summed E-state index contributed by atoms with van der Waals surface area (Å²) in [5.74, 6) is 1.58. The van der Waals surface area contributed by atoms with Crippen LogP contribution in [0.5, 0.6) is 5.75 Å². The fourth-order valence-corrected chi connectivity index (χ4v) is 3.11. The van der Waals surface area contributed by atoms with Crippen LogP contribution in [0.3, 0.4) is 0 Å². The van der Waals surface area contributed by atoms with Crippen molar-refractivity contribution in [2.45, 2.75) is 6.42 Å². The smallest absolute Gasteiger partial charge is 0.319 e. The zero-order valence-electron chi connectivity index (χ0n) is 16.0. The maximum atomic E-state index is 12.2. The molecule has 2 aromatic heterocycles. The van der Waals surface area contributed by atoms with E-state index in [0.29, 0.717) is 18.7 Å². The Morgan fingerprint density at radius 1 is 1.03 bits per heavy atom. The van der Waals surface area contributed by atoms with E-state index in [0.717, 1.165) is 28.4 Å². The second-order valence-electron chi connectivity index (χ2n) is 6.40. The van der Waals surface area contributed by atoms with Crippen LogP contribution < -0.4 is 15.4 Å². The third-order valence-electron chi connectivity index (χ3n) is 4.48. The monoisotopic (exact) mass is 387 g/mol. The van der Waals surface area contributed by atoms with Crippen molar-refractivity contribution in [1.29, 1.82) is 0 Å². The van der Waals surface area contributed by atoms with E-state index in [4.69, 9.17) is 9.72 Å². The molecule has 0 spiro atoms. The Morgan fingerprint density at radius 3 is 2.59 bits per heavy atom. The van der Waals surface area contributed by atoms with Crippen LogP contribution in [0.1, 0.15) is 5.82 Å². The lowest BCUT2D eigenvalue weighted by Crippen LogP contribution is -2.30. The molecule has 7 nitrogen and oxygen atoms in total. The zero-order valence-corrected chi connectivity index (χ0v) is 16.0. The first kappa shape index (κ1) is 18.5. The Bertz CT molecular complexity index is 1110. The van der Waals surface area contributed by atoms with Gasteiger partial charge in [0.2, 0.25) is 0 Å². The summed E-state index contributed by atoms with van der Waals surface area (Å²) in [6.45, 7) is 0.443. The first-order chi connectivity index (χ1) is 14.2. The van der Waals surface area contributed by atoms with Gasteiger partial charge >= 0.3 is 6.03 Å². The first-order valence-corrected chi connectivity index (χ1v) is 9.31. The normalized spacial score (nSPS) is 10.7. The molecule has 0 bridgehead atoms. The second-order valence-corrected chi connectivity index (χ2v) is 6.40. The van der Waals surface area contributed by atoms with Crippen molar-refractivity contribution in [3.8, 4) is 11.4 Å². The van der Waals surface area contributed by atoms with Crippen LogP contribution in [-0.2, 0) is 6.42 Å². The van der Waals surface area contributed by atoms with Gasteiger partial charge in [0.15, 0.2) is 5.65 Å². The molecule has 4 rings (SSSR count). The van der Waals surface area contributed by atoms with Crippen LogP contribution in [0, 0.1) is 0 Å². The van der Waals surface area contributed by atoms with E-state index in [1.54, 1.807) is 37.6 Å². The number of hydrogen-bond donors (Lipinski definition) is 2. The lowest BCUT2D eigenvalue weighted by Gasteiger charge is -2.10. The Labute approximate surface area is 168 Å². The number of amides is 2. The summed E-state index contributed by atoms with van der Waals surface area (Å²) in [6.07, 6.45) is 2.33. The molecule has 2 aromatic carbocycles. The highest BCUT2D eigenvalue weighted by atomic mass is 16.5. The average Bonchev–Trinajstić information content (AvgIpc) is 3.13. The quantitative estimate of drug-likeness (QED) is 0.527. The van der Waals surface area contributed by atoms with Crippen molar-refractivity contribution in [3.63, 3.8) is 0 Å². The van der Waals surface area contributed by atoms with Gasteiger partial charge in [0.05, 0.1) is 7.11 Å². The Morgan fingerprint density at radius 2 is 1.83 bits per heavy atom. The number of benzene rings is 2. The number of nitrogens with zero attached hydrogens (tertiary/aromatic N) is 3. The number of fused-ring (bicyclic) bond motifs is 1. The molecule has 2 amide bonds. The number of urea groups is 1. The molecular formula is C22H21N5O2. The lowest BCUT2D eigenvalue weighted by molar-refractivity contribution is 0.252. The fraction of sp³-hybridized carbons (Fsp3) is 0.136. The van der Waals surface area contributed by atoms with Gasteiger partial charge in [0.25, 0.3) is 0 Å². The number of imidazole rings is 1. The minimum absolute atomic E-state index is 0.268. The number of pyridine rings is 1. The van der Waals surface area contributed by atoms with Gasteiger partial charge in [-0.15, -0.1) is 0 Å². The molecule has 2 heterocycles. The van der Waals surface area contributed by atoms with Gasteiger partial charge in [-0.25, -0.2) is 14.8 Å². The predicted octanol–water partition coefficient (Wildman–Crippen LogP) is 3.79. The number of nitrogens with one attached hydrogen (secondary N) is 2. The number of aromatic nitrogens is 3. The summed E-state index contributed by atoms with van der Waals surface area (Å²) in [5.41, 5.74) is 3.32. The van der Waals surface area contributed by atoms with Gasteiger partial charge in [-0.3, -0.25) is 4.57 Å². The molecule has 0 radical (unpaired) electrons. The van der Waals surface area contributed by atoms with E-state index in [1.807, 2.05) is 47.0 Å². The van der Waals surface area contributed by atoms with Crippen molar-refractivity contribution in [2.24, 2.45) is 0 Å². The average molecular weight is 387 g/mol. The zero-order chi connectivity index (χ0) is 20.1. The third kappa shape index (κ3) is 4.19. The predicted molar refractivity (Wildman–Crippen MR) is 113 cm³/mol. The van der Waals surface area contributed by atoms with E-state index >= 15 is 0 Å². The van der Waals surface area contributed by atoms with E-state index in [2.05, 4.69) is 15.6 Å². The van der Waals surface area contributed by atoms with Gasteiger partial charge in [-0.1, -0.05) is 18.2 Å². The maximum Gasteiger partial charge on any atom is 0.319 e. The standard InChI is InChI=1S/C22H21N5O2/c1-29-18-11-9-16(10-12-18)25-22(28)24-15-13-20-26-19-8-5-14-23-21(19)27(20)17-6-3-2-4-7-17/h2-12,14H,13,15H2,1H3,(H2,24,25,28). The fourth-order valence-electron chi connectivity index (χ4n) is 3.11. The van der Waals surface area contributed by atoms with Crippen molar-refractivity contribution < 1.29 is 9.53 Å². The van der Waals surface area contributed by atoms with Crippen LogP contribution in [0.25, 0.3) is 16.9 Å². The summed E-state index contributed by atoms with van der Waals surface area (Å²) in [6, 6.07) is 20.7. The van der Waals surface area contributed by atoms with Crippen LogP contribution in [0.15, 0.2) is 72.9 Å². The number of hydrogen-bond acceptors (Lipinski definition) is 4. The van der Waals surface area contributed by atoms with Crippen LogP contribution in [-0.4, -0.2) is 34.2 Å². The molecule has 0 unspecified atom stereocenters. The molecule has 7 heteroatoms. The van der Waals surface area contributed by atoms with E-state index in [1.165, 1.54) is 0 Å². The van der Waals surface area contributed by atoms with Crippen molar-refractivity contribution in [1.82, 2.24) is 19.9 Å². The van der Waals surface area contributed by atoms with Crippen molar-refractivity contribution in [2.75, 3.05) is 19.0 Å². The molecule has 2 N–H and O–H groups in total. The largest absolute Gasteiger partial charge is 0.497 e. The molecule has 0 atom stereocenters. The summed E-state index contributed by atoms with van der Waals surface area (Å²) in [5, 5.41) is 5.68. The molecular weight excluding hydrogens is 366 g/mol. The van der Waals surface area contributed by atoms with E-state index in [-0.39, 0.29) is 6.03 Å². The molecule has 0 aliphatic carbocycles. The van der Waals surface area contributed by atoms with E-state index < -0.39 is 0 Å². The van der Waals surface area contributed by atoms with Crippen molar-refractivity contribution >= 4 is 22.9 Å². The number of ether oxygens (including phenoxy) is 1.